The number of benzene rings is 1. The molecule has 2 aromatic rings. The number of aromatic amines is 1. The number of carboxylic acids is 1. The Balaban J connectivity index is 2.62. The van der Waals surface area contributed by atoms with Gasteiger partial charge in [-0.1, -0.05) is 45.0 Å². The number of aromatic nitrogens is 2. The number of carbonyl (C=O) groups is 1. The van der Waals surface area contributed by atoms with Crippen LogP contribution in [0.3, 0.4) is 0 Å². The van der Waals surface area contributed by atoms with Crippen molar-refractivity contribution in [1.82, 2.24) is 9.97 Å². The predicted molar refractivity (Wildman–Crippen MR) is 74.4 cm³/mol. The first-order chi connectivity index (χ1) is 8.80. The Kier molecular flexibility index (Phi) is 3.18. The van der Waals surface area contributed by atoms with E-state index in [1.807, 2.05) is 52.0 Å². The maximum atomic E-state index is 11.3. The number of H-pyrrole nitrogens is 1. The summed E-state index contributed by atoms with van der Waals surface area (Å²) < 4.78 is 0. The third kappa shape index (κ3) is 2.52. The van der Waals surface area contributed by atoms with E-state index in [2.05, 4.69) is 9.97 Å². The number of nitrogens with one attached hydrogen (secondary N) is 1. The molecule has 1 aromatic carbocycles. The van der Waals surface area contributed by atoms with Gasteiger partial charge in [-0.3, -0.25) is 0 Å². The Morgan fingerprint density at radius 3 is 2.37 bits per heavy atom. The second-order valence-corrected chi connectivity index (χ2v) is 5.68. The van der Waals surface area contributed by atoms with E-state index in [0.29, 0.717) is 11.5 Å². The van der Waals surface area contributed by atoms with E-state index in [1.54, 1.807) is 0 Å². The minimum absolute atomic E-state index is 0.103. The molecule has 0 saturated carbocycles. The number of carboxylic acid groups (broad SMARTS) is 1. The van der Waals surface area contributed by atoms with Crippen molar-refractivity contribution in [3.63, 3.8) is 0 Å². The van der Waals surface area contributed by atoms with Crippen LogP contribution in [0.5, 0.6) is 0 Å². The van der Waals surface area contributed by atoms with Gasteiger partial charge >= 0.3 is 5.97 Å². The zero-order valence-corrected chi connectivity index (χ0v) is 11.6. The lowest BCUT2D eigenvalue weighted by molar-refractivity contribution is 0.0688. The Morgan fingerprint density at radius 1 is 1.26 bits per heavy atom. The van der Waals surface area contributed by atoms with E-state index in [1.165, 1.54) is 0 Å². The fraction of sp³-hybridized carbons (Fsp3) is 0.333. The first kappa shape index (κ1) is 13.3. The average molecular weight is 258 g/mol. The van der Waals surface area contributed by atoms with Crippen molar-refractivity contribution in [3.8, 4) is 11.4 Å². The van der Waals surface area contributed by atoms with Crippen molar-refractivity contribution in [1.29, 1.82) is 0 Å². The van der Waals surface area contributed by atoms with Crippen molar-refractivity contribution in [2.75, 3.05) is 0 Å². The molecule has 2 rings (SSSR count). The summed E-state index contributed by atoms with van der Waals surface area (Å²) in [5.74, 6) is -0.388. The molecule has 0 aliphatic heterocycles. The van der Waals surface area contributed by atoms with Crippen LogP contribution in [0.4, 0.5) is 0 Å². The van der Waals surface area contributed by atoms with E-state index in [9.17, 15) is 9.90 Å². The van der Waals surface area contributed by atoms with Gasteiger partial charge in [0.25, 0.3) is 0 Å². The number of hydrogen-bond donors (Lipinski definition) is 2. The van der Waals surface area contributed by atoms with Crippen LogP contribution in [0.15, 0.2) is 24.3 Å². The maximum Gasteiger partial charge on any atom is 0.356 e. The lowest BCUT2D eigenvalue weighted by Gasteiger charge is -2.16. The first-order valence-corrected chi connectivity index (χ1v) is 6.20. The topological polar surface area (TPSA) is 66.0 Å². The number of aryl methyl sites for hydroxylation is 1. The molecule has 1 heterocycles. The van der Waals surface area contributed by atoms with Gasteiger partial charge in [-0.2, -0.15) is 0 Å². The highest BCUT2D eigenvalue weighted by molar-refractivity contribution is 5.88. The Hall–Kier alpha value is -2.10. The van der Waals surface area contributed by atoms with Crippen molar-refractivity contribution in [2.24, 2.45) is 0 Å². The maximum absolute atomic E-state index is 11.3. The smallest absolute Gasteiger partial charge is 0.356 e. The van der Waals surface area contributed by atoms with Gasteiger partial charge in [-0.05, 0) is 12.5 Å². The third-order valence-electron chi connectivity index (χ3n) is 3.06. The van der Waals surface area contributed by atoms with E-state index >= 15 is 0 Å². The fourth-order valence-corrected chi connectivity index (χ4v) is 2.04. The molecule has 4 nitrogen and oxygen atoms in total. The molecule has 19 heavy (non-hydrogen) atoms. The number of imidazole rings is 1. The highest BCUT2D eigenvalue weighted by atomic mass is 16.4. The molecule has 0 aliphatic carbocycles. The molecule has 100 valence electrons. The van der Waals surface area contributed by atoms with Crippen LogP contribution in [-0.2, 0) is 5.41 Å². The zero-order valence-electron chi connectivity index (χ0n) is 11.6. The van der Waals surface area contributed by atoms with Gasteiger partial charge in [-0.25, -0.2) is 9.78 Å². The van der Waals surface area contributed by atoms with Crippen molar-refractivity contribution >= 4 is 5.97 Å². The molecule has 0 spiro atoms. The minimum atomic E-state index is -0.999. The second-order valence-electron chi connectivity index (χ2n) is 5.68. The SMILES string of the molecule is Cc1ccccc1-c1nc(C(=O)O)c(C(C)(C)C)[nH]1. The van der Waals surface area contributed by atoms with Crippen molar-refractivity contribution < 1.29 is 9.90 Å². The van der Waals surface area contributed by atoms with Crippen molar-refractivity contribution in [3.05, 3.63) is 41.2 Å². The van der Waals surface area contributed by atoms with Gasteiger partial charge in [0, 0.05) is 11.0 Å². The summed E-state index contributed by atoms with van der Waals surface area (Å²) >= 11 is 0. The van der Waals surface area contributed by atoms with Gasteiger partial charge in [-0.15, -0.1) is 0 Å². The van der Waals surface area contributed by atoms with Crippen LogP contribution in [0.25, 0.3) is 11.4 Å². The van der Waals surface area contributed by atoms with E-state index in [4.69, 9.17) is 0 Å². The van der Waals surface area contributed by atoms with Gasteiger partial charge < -0.3 is 10.1 Å². The van der Waals surface area contributed by atoms with Crippen LogP contribution < -0.4 is 0 Å². The number of nitrogens with zero attached hydrogens (tertiary/aromatic N) is 1. The number of rotatable bonds is 2. The van der Waals surface area contributed by atoms with Crippen LogP contribution in [0.2, 0.25) is 0 Å². The summed E-state index contributed by atoms with van der Waals surface area (Å²) in [6, 6.07) is 7.79. The lowest BCUT2D eigenvalue weighted by atomic mass is 9.91. The zero-order chi connectivity index (χ0) is 14.2. The molecule has 2 N–H and O–H groups in total. The summed E-state index contributed by atoms with van der Waals surface area (Å²) in [4.78, 5) is 18.7. The highest BCUT2D eigenvalue weighted by Crippen LogP contribution is 2.28. The highest BCUT2D eigenvalue weighted by Gasteiger charge is 2.26. The van der Waals surface area contributed by atoms with E-state index in [-0.39, 0.29) is 11.1 Å². The summed E-state index contributed by atoms with van der Waals surface area (Å²) in [5, 5.41) is 9.28. The van der Waals surface area contributed by atoms with Gasteiger partial charge in [0.2, 0.25) is 0 Å². The summed E-state index contributed by atoms with van der Waals surface area (Å²) in [7, 11) is 0. The van der Waals surface area contributed by atoms with Crippen LogP contribution in [0, 0.1) is 6.92 Å². The Labute approximate surface area is 112 Å². The fourth-order valence-electron chi connectivity index (χ4n) is 2.04. The third-order valence-corrected chi connectivity index (χ3v) is 3.06. The Morgan fingerprint density at radius 2 is 1.89 bits per heavy atom. The van der Waals surface area contributed by atoms with Crippen molar-refractivity contribution in [2.45, 2.75) is 33.1 Å². The summed E-state index contributed by atoms with van der Waals surface area (Å²) in [5.41, 5.74) is 2.46. The molecule has 0 radical (unpaired) electrons. The number of aromatic carboxylic acids is 1. The second kappa shape index (κ2) is 4.53. The molecule has 0 bridgehead atoms. The molecule has 0 amide bonds. The standard InChI is InChI=1S/C15H18N2O2/c1-9-7-5-6-8-10(9)13-16-11(14(18)19)12(17-13)15(2,3)4/h5-8H,1-4H3,(H,16,17)(H,18,19). The summed E-state index contributed by atoms with van der Waals surface area (Å²) in [6.07, 6.45) is 0. The molecule has 0 saturated heterocycles. The molecule has 1 aromatic heterocycles. The largest absolute Gasteiger partial charge is 0.476 e. The minimum Gasteiger partial charge on any atom is -0.476 e. The van der Waals surface area contributed by atoms with Crippen LogP contribution >= 0.6 is 0 Å². The van der Waals surface area contributed by atoms with Gasteiger partial charge in [0.15, 0.2) is 5.69 Å². The molecule has 0 unspecified atom stereocenters. The predicted octanol–water partition coefficient (Wildman–Crippen LogP) is 3.38. The molecule has 0 aliphatic rings. The monoisotopic (exact) mass is 258 g/mol. The van der Waals surface area contributed by atoms with Crippen LogP contribution in [-0.4, -0.2) is 21.0 Å². The molecule has 0 fully saturated rings. The van der Waals surface area contributed by atoms with E-state index in [0.717, 1.165) is 11.1 Å². The quantitative estimate of drug-likeness (QED) is 0.867. The van der Waals surface area contributed by atoms with Crippen LogP contribution in [0.1, 0.15) is 42.5 Å². The number of hydrogen-bond acceptors (Lipinski definition) is 2. The molecule has 4 heteroatoms. The van der Waals surface area contributed by atoms with Gasteiger partial charge in [0.1, 0.15) is 5.82 Å². The first-order valence-electron chi connectivity index (χ1n) is 6.20. The Bertz CT molecular complexity index is 621. The average Bonchev–Trinajstić information content (AvgIpc) is 2.74. The molecular formula is C15H18N2O2. The summed E-state index contributed by atoms with van der Waals surface area (Å²) in [6.45, 7) is 7.88. The molecular weight excluding hydrogens is 240 g/mol. The van der Waals surface area contributed by atoms with E-state index < -0.39 is 5.97 Å². The normalized spacial score (nSPS) is 11.6. The van der Waals surface area contributed by atoms with Gasteiger partial charge in [0.05, 0.1) is 5.69 Å². The lowest BCUT2D eigenvalue weighted by Crippen LogP contribution is -2.16. The molecule has 0 atom stereocenters.